The van der Waals surface area contributed by atoms with E-state index in [9.17, 15) is 4.79 Å². The Morgan fingerprint density at radius 3 is 2.37 bits per heavy atom. The van der Waals surface area contributed by atoms with Crippen LogP contribution in [-0.4, -0.2) is 36.3 Å². The summed E-state index contributed by atoms with van der Waals surface area (Å²) in [5.41, 5.74) is 3.53. The molecule has 192 valence electrons. The van der Waals surface area contributed by atoms with Crippen molar-refractivity contribution in [1.29, 1.82) is 10.5 Å². The molecule has 38 heavy (non-hydrogen) atoms. The van der Waals surface area contributed by atoms with Crippen LogP contribution in [0.4, 0.5) is 22.2 Å². The number of hydrogen-bond acceptors (Lipinski definition) is 10. The quantitative estimate of drug-likeness (QED) is 0.239. The lowest BCUT2D eigenvalue weighted by atomic mass is 10.1. The number of allylic oxidation sites excluding steroid dienone is 1. The van der Waals surface area contributed by atoms with E-state index < -0.39 is 0 Å². The Balaban J connectivity index is 1.80. The zero-order valence-electron chi connectivity index (χ0n) is 21.5. The fraction of sp³-hybridized carbons (Fsp3) is 0.222. The van der Waals surface area contributed by atoms with Crippen molar-refractivity contribution in [2.75, 3.05) is 30.4 Å². The second-order valence-electron chi connectivity index (χ2n) is 7.80. The third-order valence-corrected chi connectivity index (χ3v) is 6.06. The highest BCUT2D eigenvalue weighted by atomic mass is 32.1. The Bertz CT molecular complexity index is 1440. The Hall–Kier alpha value is -4.87. The number of aromatic nitrogens is 2. The normalized spacial score (nSPS) is 10.7. The van der Waals surface area contributed by atoms with Gasteiger partial charge in [-0.05, 0) is 43.2 Å². The van der Waals surface area contributed by atoms with Crippen LogP contribution in [-0.2, 0) is 4.79 Å². The molecule has 1 N–H and O–H groups in total. The van der Waals surface area contributed by atoms with Crippen molar-refractivity contribution in [3.05, 3.63) is 58.1 Å². The SMILES string of the molecule is CCN(CC)c1cc(NC(C)=O)c(N=Nc2nnc(/C=C/c3ccc(C=C(C#N)C#N)cc3)s2)cc1OC. The molecule has 0 unspecified atom stereocenters. The van der Waals surface area contributed by atoms with Crippen LogP contribution in [0.1, 0.15) is 36.9 Å². The summed E-state index contributed by atoms with van der Waals surface area (Å²) in [4.78, 5) is 13.9. The molecule has 0 atom stereocenters. The molecule has 0 radical (unpaired) electrons. The van der Waals surface area contributed by atoms with Gasteiger partial charge in [0.05, 0.1) is 18.5 Å². The number of anilines is 2. The van der Waals surface area contributed by atoms with Gasteiger partial charge in [-0.2, -0.15) is 10.5 Å². The lowest BCUT2D eigenvalue weighted by Gasteiger charge is -2.24. The maximum absolute atomic E-state index is 11.8. The second kappa shape index (κ2) is 13.4. The van der Waals surface area contributed by atoms with E-state index in [1.807, 2.05) is 68.5 Å². The Morgan fingerprint density at radius 2 is 1.76 bits per heavy atom. The molecular formula is C27H26N8O2S. The van der Waals surface area contributed by atoms with E-state index in [0.29, 0.717) is 27.3 Å². The highest BCUT2D eigenvalue weighted by molar-refractivity contribution is 7.15. The topological polar surface area (TPSA) is 140 Å². The number of nitrogens with one attached hydrogen (secondary N) is 1. The number of carbonyl (C=O) groups is 1. The van der Waals surface area contributed by atoms with Crippen molar-refractivity contribution < 1.29 is 9.53 Å². The van der Waals surface area contributed by atoms with Crippen LogP contribution in [0.3, 0.4) is 0 Å². The van der Waals surface area contributed by atoms with Gasteiger partial charge in [0.2, 0.25) is 5.91 Å². The molecule has 0 saturated carbocycles. The van der Waals surface area contributed by atoms with Crippen LogP contribution in [0.5, 0.6) is 5.75 Å². The van der Waals surface area contributed by atoms with E-state index in [4.69, 9.17) is 15.3 Å². The van der Waals surface area contributed by atoms with Gasteiger partial charge >= 0.3 is 0 Å². The van der Waals surface area contributed by atoms with Gasteiger partial charge in [0.1, 0.15) is 34.2 Å². The first-order valence-electron chi connectivity index (χ1n) is 11.7. The van der Waals surface area contributed by atoms with Crippen LogP contribution in [0, 0.1) is 22.7 Å². The molecule has 0 aliphatic carbocycles. The van der Waals surface area contributed by atoms with Crippen LogP contribution in [0.2, 0.25) is 0 Å². The lowest BCUT2D eigenvalue weighted by molar-refractivity contribution is -0.114. The van der Waals surface area contributed by atoms with Gasteiger partial charge < -0.3 is 15.0 Å². The van der Waals surface area contributed by atoms with Crippen molar-refractivity contribution in [2.24, 2.45) is 10.2 Å². The molecular weight excluding hydrogens is 500 g/mol. The van der Waals surface area contributed by atoms with E-state index in [1.165, 1.54) is 24.3 Å². The zero-order valence-corrected chi connectivity index (χ0v) is 22.3. The number of ether oxygens (including phenoxy) is 1. The number of amides is 1. The van der Waals surface area contributed by atoms with Gasteiger partial charge in [-0.15, -0.1) is 20.4 Å². The zero-order chi connectivity index (χ0) is 27.5. The van der Waals surface area contributed by atoms with E-state index in [-0.39, 0.29) is 11.5 Å². The van der Waals surface area contributed by atoms with Crippen molar-refractivity contribution in [1.82, 2.24) is 10.2 Å². The molecule has 1 amide bonds. The average molecular weight is 527 g/mol. The predicted molar refractivity (Wildman–Crippen MR) is 150 cm³/mol. The standard InChI is InChI=1S/C27H26N8O2S/c1-5-35(6-2)24-14-22(30-18(3)36)23(15-25(24)37-4)31-33-27-34-32-26(38-27)12-11-19-7-9-20(10-8-19)13-21(16-28)17-29/h7-15H,5-6H2,1-4H3,(H,30,36)/b12-11+,33-31?. The van der Waals surface area contributed by atoms with Crippen molar-refractivity contribution in [2.45, 2.75) is 20.8 Å². The Kier molecular flexibility index (Phi) is 9.80. The summed E-state index contributed by atoms with van der Waals surface area (Å²) in [5.74, 6) is 0.399. The summed E-state index contributed by atoms with van der Waals surface area (Å²) in [6.07, 6.45) is 5.21. The molecule has 3 aromatic rings. The van der Waals surface area contributed by atoms with E-state index in [2.05, 4.69) is 30.6 Å². The number of nitrogens with zero attached hydrogens (tertiary/aromatic N) is 7. The smallest absolute Gasteiger partial charge is 0.252 e. The summed E-state index contributed by atoms with van der Waals surface area (Å²) in [6, 6.07) is 14.6. The first kappa shape index (κ1) is 27.7. The minimum atomic E-state index is -0.222. The minimum Gasteiger partial charge on any atom is -0.494 e. The number of rotatable bonds is 10. The van der Waals surface area contributed by atoms with Gasteiger partial charge in [-0.1, -0.05) is 41.7 Å². The Morgan fingerprint density at radius 1 is 1.08 bits per heavy atom. The first-order chi connectivity index (χ1) is 18.4. The monoisotopic (exact) mass is 526 g/mol. The third kappa shape index (κ3) is 7.32. The van der Waals surface area contributed by atoms with Gasteiger partial charge in [-0.25, -0.2) is 0 Å². The van der Waals surface area contributed by atoms with E-state index in [0.717, 1.165) is 29.9 Å². The highest BCUT2D eigenvalue weighted by Gasteiger charge is 2.15. The maximum atomic E-state index is 11.8. The number of nitriles is 2. The van der Waals surface area contributed by atoms with Gasteiger partial charge in [0.15, 0.2) is 0 Å². The summed E-state index contributed by atoms with van der Waals surface area (Å²) in [7, 11) is 1.59. The van der Waals surface area contributed by atoms with E-state index in [1.54, 1.807) is 13.2 Å². The largest absolute Gasteiger partial charge is 0.494 e. The van der Waals surface area contributed by atoms with Crippen molar-refractivity contribution in [3.8, 4) is 17.9 Å². The molecule has 0 aliphatic rings. The summed E-state index contributed by atoms with van der Waals surface area (Å²) in [6.45, 7) is 7.08. The fourth-order valence-corrected chi connectivity index (χ4v) is 4.03. The summed E-state index contributed by atoms with van der Waals surface area (Å²) < 4.78 is 5.58. The molecule has 0 aliphatic heterocycles. The number of methoxy groups -OCH3 is 1. The van der Waals surface area contributed by atoms with Crippen LogP contribution in [0.25, 0.3) is 18.2 Å². The van der Waals surface area contributed by atoms with Gasteiger partial charge in [0.25, 0.3) is 5.13 Å². The highest BCUT2D eigenvalue weighted by Crippen LogP contribution is 2.39. The first-order valence-corrected chi connectivity index (χ1v) is 12.5. The van der Waals surface area contributed by atoms with Crippen molar-refractivity contribution >= 4 is 57.7 Å². The number of azo groups is 1. The molecule has 0 saturated heterocycles. The van der Waals surface area contributed by atoms with Gasteiger partial charge in [-0.3, -0.25) is 4.79 Å². The molecule has 2 aromatic carbocycles. The molecule has 0 spiro atoms. The number of benzene rings is 2. The summed E-state index contributed by atoms with van der Waals surface area (Å²) in [5, 5.41) is 38.3. The molecule has 1 aromatic heterocycles. The molecule has 11 heteroatoms. The molecule has 1 heterocycles. The van der Waals surface area contributed by atoms with Crippen molar-refractivity contribution in [3.63, 3.8) is 0 Å². The fourth-order valence-electron chi connectivity index (χ4n) is 3.46. The molecule has 3 rings (SSSR count). The number of hydrogen-bond donors (Lipinski definition) is 1. The summed E-state index contributed by atoms with van der Waals surface area (Å²) >= 11 is 1.26. The lowest BCUT2D eigenvalue weighted by Crippen LogP contribution is -2.22. The predicted octanol–water partition coefficient (Wildman–Crippen LogP) is 6.37. The number of carbonyl (C=O) groups excluding carboxylic acids is 1. The van der Waals surface area contributed by atoms with Crippen LogP contribution < -0.4 is 15.0 Å². The minimum absolute atomic E-state index is 0.0475. The average Bonchev–Trinajstić information content (AvgIpc) is 3.39. The van der Waals surface area contributed by atoms with E-state index >= 15 is 0 Å². The van der Waals surface area contributed by atoms with Gasteiger partial charge in [0, 0.05) is 26.1 Å². The maximum Gasteiger partial charge on any atom is 0.252 e. The molecule has 0 bridgehead atoms. The van der Waals surface area contributed by atoms with Crippen LogP contribution >= 0.6 is 11.3 Å². The Labute approximate surface area is 225 Å². The second-order valence-corrected chi connectivity index (χ2v) is 8.79. The van der Waals surface area contributed by atoms with Crippen LogP contribution in [0.15, 0.2) is 52.2 Å². The molecule has 10 nitrogen and oxygen atoms in total. The third-order valence-electron chi connectivity index (χ3n) is 5.29. The molecule has 0 fully saturated rings.